The number of methoxy groups -OCH3 is 2. The zero-order valence-electron chi connectivity index (χ0n) is 15.9. The Kier molecular flexibility index (Phi) is 15.6. The molecule has 0 heterocycles. The zero-order valence-corrected chi connectivity index (χ0v) is 15.9. The molecule has 0 aromatic heterocycles. The first-order valence-corrected chi connectivity index (χ1v) is 9.52. The van der Waals surface area contributed by atoms with Gasteiger partial charge in [-0.1, -0.05) is 77.6 Å². The van der Waals surface area contributed by atoms with Crippen molar-refractivity contribution in [2.45, 2.75) is 90.4 Å². The maximum atomic E-state index is 11.6. The predicted molar refractivity (Wildman–Crippen MR) is 97.8 cm³/mol. The highest BCUT2D eigenvalue weighted by Crippen LogP contribution is 2.15. The number of esters is 2. The van der Waals surface area contributed by atoms with Crippen LogP contribution < -0.4 is 0 Å². The van der Waals surface area contributed by atoms with Gasteiger partial charge < -0.3 is 9.47 Å². The molecule has 24 heavy (non-hydrogen) atoms. The van der Waals surface area contributed by atoms with Gasteiger partial charge in [0.25, 0.3) is 0 Å². The molecule has 0 rings (SSSR count). The van der Waals surface area contributed by atoms with Crippen molar-refractivity contribution in [2.24, 2.45) is 0 Å². The number of carbonyl (C=O) groups is 2. The minimum atomic E-state index is -0.505. The van der Waals surface area contributed by atoms with Gasteiger partial charge in [-0.15, -0.1) is 0 Å². The van der Waals surface area contributed by atoms with Crippen molar-refractivity contribution >= 4 is 11.9 Å². The highest BCUT2D eigenvalue weighted by atomic mass is 16.5. The Morgan fingerprint density at radius 3 is 1.58 bits per heavy atom. The maximum Gasteiger partial charge on any atom is 0.333 e. The summed E-state index contributed by atoms with van der Waals surface area (Å²) in [6.45, 7) is 2.25. The number of hydrogen-bond acceptors (Lipinski definition) is 4. The monoisotopic (exact) mass is 340 g/mol. The number of unbranched alkanes of at least 4 members (excludes halogenated alkanes) is 11. The molecular weight excluding hydrogens is 304 g/mol. The lowest BCUT2D eigenvalue weighted by Crippen LogP contribution is -2.08. The molecule has 0 radical (unpaired) electrons. The minimum Gasteiger partial charge on any atom is -0.466 e. The third-order valence-corrected chi connectivity index (χ3v) is 4.24. The van der Waals surface area contributed by atoms with Gasteiger partial charge in [0.1, 0.15) is 0 Å². The van der Waals surface area contributed by atoms with Crippen molar-refractivity contribution in [1.29, 1.82) is 0 Å². The molecule has 0 amide bonds. The predicted octanol–water partition coefficient (Wildman–Crippen LogP) is 5.35. The zero-order chi connectivity index (χ0) is 18.0. The number of rotatable bonds is 15. The molecule has 0 aromatic rings. The van der Waals surface area contributed by atoms with Crippen LogP contribution in [-0.4, -0.2) is 26.2 Å². The summed E-state index contributed by atoms with van der Waals surface area (Å²) in [6.07, 6.45) is 17.0. The van der Waals surface area contributed by atoms with E-state index in [9.17, 15) is 9.59 Å². The Hall–Kier alpha value is -1.32. The molecule has 0 fully saturated rings. The second-order valence-corrected chi connectivity index (χ2v) is 6.32. The van der Waals surface area contributed by atoms with Gasteiger partial charge in [0, 0.05) is 11.6 Å². The fourth-order valence-corrected chi connectivity index (χ4v) is 2.72. The minimum absolute atomic E-state index is 0.399. The molecule has 0 unspecified atom stereocenters. The van der Waals surface area contributed by atoms with Crippen LogP contribution >= 0.6 is 0 Å². The van der Waals surface area contributed by atoms with Gasteiger partial charge in [0.15, 0.2) is 0 Å². The first kappa shape index (κ1) is 22.7. The first-order valence-electron chi connectivity index (χ1n) is 9.52. The average Bonchev–Trinajstić information content (AvgIpc) is 2.60. The molecule has 0 aliphatic rings. The second kappa shape index (κ2) is 16.5. The molecule has 0 spiro atoms. The third kappa shape index (κ3) is 13.1. The van der Waals surface area contributed by atoms with Crippen LogP contribution in [0.1, 0.15) is 90.4 Å². The van der Waals surface area contributed by atoms with E-state index >= 15 is 0 Å². The number of carbonyl (C=O) groups excluding carboxylic acids is 2. The van der Waals surface area contributed by atoms with E-state index in [-0.39, 0.29) is 0 Å². The lowest BCUT2D eigenvalue weighted by atomic mass is 10.0. The standard InChI is InChI=1S/C20H36O4/c1-4-5-6-7-8-9-10-11-12-13-14-15-16-18(20(22)24-3)17-19(21)23-2/h17H,4-16H2,1-3H3/b18-17+. The van der Waals surface area contributed by atoms with Crippen LogP contribution in [0.25, 0.3) is 0 Å². The topological polar surface area (TPSA) is 52.6 Å². The summed E-state index contributed by atoms with van der Waals surface area (Å²) in [5.41, 5.74) is 0.399. The molecule has 4 heteroatoms. The third-order valence-electron chi connectivity index (χ3n) is 4.24. The van der Waals surface area contributed by atoms with Gasteiger partial charge in [-0.25, -0.2) is 9.59 Å². The summed E-state index contributed by atoms with van der Waals surface area (Å²) in [6, 6.07) is 0. The van der Waals surface area contributed by atoms with Crippen LogP contribution in [0.4, 0.5) is 0 Å². The van der Waals surface area contributed by atoms with Gasteiger partial charge >= 0.3 is 11.9 Å². The number of ether oxygens (including phenoxy) is 2. The summed E-state index contributed by atoms with van der Waals surface area (Å²) < 4.78 is 9.27. The Morgan fingerprint density at radius 2 is 1.17 bits per heavy atom. The second-order valence-electron chi connectivity index (χ2n) is 6.32. The van der Waals surface area contributed by atoms with E-state index in [1.807, 2.05) is 0 Å². The molecular formula is C20H36O4. The van der Waals surface area contributed by atoms with E-state index in [4.69, 9.17) is 4.74 Å². The van der Waals surface area contributed by atoms with E-state index < -0.39 is 11.9 Å². The molecule has 0 N–H and O–H groups in total. The van der Waals surface area contributed by atoms with Crippen molar-refractivity contribution in [3.8, 4) is 0 Å². The van der Waals surface area contributed by atoms with Crippen LogP contribution in [-0.2, 0) is 19.1 Å². The number of hydrogen-bond donors (Lipinski definition) is 0. The molecule has 140 valence electrons. The Morgan fingerprint density at radius 1 is 0.708 bits per heavy atom. The maximum absolute atomic E-state index is 11.6. The molecule has 0 aromatic carbocycles. The van der Waals surface area contributed by atoms with Gasteiger partial charge in [-0.05, 0) is 12.8 Å². The highest BCUT2D eigenvalue weighted by molar-refractivity contribution is 5.96. The molecule has 0 aliphatic carbocycles. The van der Waals surface area contributed by atoms with Crippen LogP contribution in [0.5, 0.6) is 0 Å². The first-order chi connectivity index (χ1) is 11.7. The van der Waals surface area contributed by atoms with Crippen LogP contribution in [0.2, 0.25) is 0 Å². The van der Waals surface area contributed by atoms with Crippen molar-refractivity contribution in [3.05, 3.63) is 11.6 Å². The van der Waals surface area contributed by atoms with E-state index in [0.717, 1.165) is 12.8 Å². The molecule has 0 saturated carbocycles. The summed E-state index contributed by atoms with van der Waals surface area (Å²) in [7, 11) is 2.63. The summed E-state index contributed by atoms with van der Waals surface area (Å²) >= 11 is 0. The van der Waals surface area contributed by atoms with Crippen LogP contribution in [0.3, 0.4) is 0 Å². The normalized spacial score (nSPS) is 11.4. The largest absolute Gasteiger partial charge is 0.466 e. The van der Waals surface area contributed by atoms with Crippen molar-refractivity contribution in [3.63, 3.8) is 0 Å². The van der Waals surface area contributed by atoms with Gasteiger partial charge in [0.2, 0.25) is 0 Å². The van der Waals surface area contributed by atoms with Crippen molar-refractivity contribution in [2.75, 3.05) is 14.2 Å². The molecule has 0 bridgehead atoms. The summed E-state index contributed by atoms with van der Waals surface area (Å²) in [5.74, 6) is -0.946. The lowest BCUT2D eigenvalue weighted by Gasteiger charge is -2.06. The van der Waals surface area contributed by atoms with E-state index in [0.29, 0.717) is 12.0 Å². The van der Waals surface area contributed by atoms with Gasteiger partial charge in [0.05, 0.1) is 14.2 Å². The summed E-state index contributed by atoms with van der Waals surface area (Å²) in [4.78, 5) is 22.9. The molecule has 0 saturated heterocycles. The lowest BCUT2D eigenvalue weighted by molar-refractivity contribution is -0.138. The smallest absolute Gasteiger partial charge is 0.333 e. The molecule has 0 aliphatic heterocycles. The molecule has 4 nitrogen and oxygen atoms in total. The Labute approximate surface area is 148 Å². The quantitative estimate of drug-likeness (QED) is 0.229. The van der Waals surface area contributed by atoms with Gasteiger partial charge in [-0.3, -0.25) is 0 Å². The van der Waals surface area contributed by atoms with Crippen LogP contribution in [0.15, 0.2) is 11.6 Å². The van der Waals surface area contributed by atoms with E-state index in [1.54, 1.807) is 0 Å². The van der Waals surface area contributed by atoms with E-state index in [1.165, 1.54) is 84.5 Å². The van der Waals surface area contributed by atoms with Crippen LogP contribution in [0, 0.1) is 0 Å². The SMILES string of the molecule is CCCCCCCCCCCCCC/C(=C\C(=O)OC)C(=O)OC. The average molecular weight is 341 g/mol. The fraction of sp³-hybridized carbons (Fsp3) is 0.800. The van der Waals surface area contributed by atoms with E-state index in [2.05, 4.69) is 11.7 Å². The Balaban J connectivity index is 3.64. The van der Waals surface area contributed by atoms with Crippen molar-refractivity contribution in [1.82, 2.24) is 0 Å². The molecule has 0 atom stereocenters. The summed E-state index contributed by atoms with van der Waals surface area (Å²) in [5, 5.41) is 0. The highest BCUT2D eigenvalue weighted by Gasteiger charge is 2.11. The van der Waals surface area contributed by atoms with Gasteiger partial charge in [-0.2, -0.15) is 0 Å². The Bertz CT molecular complexity index is 361. The fourth-order valence-electron chi connectivity index (χ4n) is 2.72. The van der Waals surface area contributed by atoms with Crippen molar-refractivity contribution < 1.29 is 19.1 Å².